The summed E-state index contributed by atoms with van der Waals surface area (Å²) >= 11 is 7.23. The van der Waals surface area contributed by atoms with Crippen LogP contribution in [-0.4, -0.2) is 36.0 Å². The lowest BCUT2D eigenvalue weighted by atomic mass is 10.2. The summed E-state index contributed by atoms with van der Waals surface area (Å²) in [4.78, 5) is 22.1. The van der Waals surface area contributed by atoms with E-state index in [0.717, 1.165) is 16.9 Å². The molecule has 0 unspecified atom stereocenters. The van der Waals surface area contributed by atoms with Gasteiger partial charge in [-0.3, -0.25) is 4.79 Å². The summed E-state index contributed by atoms with van der Waals surface area (Å²) in [5, 5.41) is 6.34. The van der Waals surface area contributed by atoms with E-state index in [4.69, 9.17) is 16.3 Å². The number of nitrogens with one attached hydrogen (secondary N) is 2. The Labute approximate surface area is 177 Å². The van der Waals surface area contributed by atoms with Gasteiger partial charge in [0.15, 0.2) is 5.78 Å². The number of hydrogen-bond acceptors (Lipinski definition) is 7. The summed E-state index contributed by atoms with van der Waals surface area (Å²) in [7, 11) is 1.65. The molecule has 0 bridgehead atoms. The van der Waals surface area contributed by atoms with Gasteiger partial charge in [-0.1, -0.05) is 11.6 Å². The van der Waals surface area contributed by atoms with Gasteiger partial charge in [-0.15, -0.1) is 11.3 Å². The lowest BCUT2D eigenvalue weighted by Crippen LogP contribution is -2.09. The summed E-state index contributed by atoms with van der Waals surface area (Å²) < 4.78 is 18.5. The molecule has 0 saturated heterocycles. The Morgan fingerprint density at radius 2 is 2.14 bits per heavy atom. The molecule has 9 heteroatoms. The maximum Gasteiger partial charge on any atom is 0.229 e. The molecule has 0 atom stereocenters. The van der Waals surface area contributed by atoms with Crippen molar-refractivity contribution in [1.29, 1.82) is 0 Å². The Morgan fingerprint density at radius 1 is 1.31 bits per heavy atom. The number of halogens is 2. The predicted molar refractivity (Wildman–Crippen MR) is 115 cm³/mol. The fraction of sp³-hybridized carbons (Fsp3) is 0.250. The number of rotatable bonds is 9. The first-order valence-electron chi connectivity index (χ1n) is 8.91. The first-order valence-corrected chi connectivity index (χ1v) is 10.1. The molecular weight excluding hydrogens is 415 g/mol. The maximum atomic E-state index is 13.4. The quantitative estimate of drug-likeness (QED) is 0.347. The molecule has 2 N–H and O–H groups in total. The van der Waals surface area contributed by atoms with Gasteiger partial charge in [-0.2, -0.15) is 4.98 Å². The Hall–Kier alpha value is -2.55. The van der Waals surface area contributed by atoms with Crippen LogP contribution >= 0.6 is 22.9 Å². The number of Topliss-reactive ketones (excluding diaryl/α,β-unsaturated/α-hetero) is 1. The minimum Gasteiger partial charge on any atom is -0.385 e. The minimum absolute atomic E-state index is 0.0138. The Kier molecular flexibility index (Phi) is 7.13. The van der Waals surface area contributed by atoms with Crippen LogP contribution in [0.3, 0.4) is 0 Å². The molecule has 0 spiro atoms. The molecule has 0 aliphatic rings. The number of methoxy groups -OCH3 is 1. The Morgan fingerprint density at radius 3 is 2.83 bits per heavy atom. The van der Waals surface area contributed by atoms with Crippen LogP contribution < -0.4 is 10.6 Å². The molecule has 29 heavy (non-hydrogen) atoms. The number of carbonyl (C=O) groups excluding carboxylic acids is 1. The zero-order chi connectivity index (χ0) is 20.8. The molecule has 3 aromatic rings. The first kappa shape index (κ1) is 21.2. The molecule has 1 aromatic carbocycles. The average molecular weight is 435 g/mol. The Bertz CT molecular complexity index is 1010. The largest absolute Gasteiger partial charge is 0.385 e. The van der Waals surface area contributed by atoms with Crippen molar-refractivity contribution in [2.75, 3.05) is 30.9 Å². The Balaban J connectivity index is 1.88. The van der Waals surface area contributed by atoms with Crippen molar-refractivity contribution in [2.45, 2.75) is 13.3 Å². The second-order valence-corrected chi connectivity index (χ2v) is 7.69. The van der Waals surface area contributed by atoms with Crippen LogP contribution in [0.4, 0.5) is 21.8 Å². The molecule has 0 saturated carbocycles. The van der Waals surface area contributed by atoms with Gasteiger partial charge in [-0.25, -0.2) is 9.37 Å². The van der Waals surface area contributed by atoms with E-state index in [-0.39, 0.29) is 10.8 Å². The highest BCUT2D eigenvalue weighted by atomic mass is 35.5. The SMILES string of the molecule is COCCCNc1nc(Nc2ccc(F)c(Cl)c2)ncc1-c1ccc(C(C)=O)s1. The fourth-order valence-corrected chi connectivity index (χ4v) is 3.65. The summed E-state index contributed by atoms with van der Waals surface area (Å²) in [6.07, 6.45) is 2.49. The van der Waals surface area contributed by atoms with Crippen molar-refractivity contribution in [1.82, 2.24) is 9.97 Å². The van der Waals surface area contributed by atoms with E-state index < -0.39 is 5.82 Å². The van der Waals surface area contributed by atoms with Gasteiger partial charge in [-0.05, 0) is 43.7 Å². The van der Waals surface area contributed by atoms with Gasteiger partial charge < -0.3 is 15.4 Å². The lowest BCUT2D eigenvalue weighted by Gasteiger charge is -2.12. The number of ether oxygens (including phenoxy) is 1. The highest BCUT2D eigenvalue weighted by molar-refractivity contribution is 7.17. The van der Waals surface area contributed by atoms with Gasteiger partial charge in [0.25, 0.3) is 0 Å². The van der Waals surface area contributed by atoms with Crippen molar-refractivity contribution >= 4 is 46.2 Å². The van der Waals surface area contributed by atoms with Crippen molar-refractivity contribution in [3.05, 3.63) is 52.2 Å². The van der Waals surface area contributed by atoms with Crippen LogP contribution in [0.5, 0.6) is 0 Å². The van der Waals surface area contributed by atoms with E-state index in [1.165, 1.54) is 30.4 Å². The topological polar surface area (TPSA) is 76.1 Å². The zero-order valence-corrected chi connectivity index (χ0v) is 17.5. The van der Waals surface area contributed by atoms with E-state index in [1.807, 2.05) is 6.07 Å². The first-order chi connectivity index (χ1) is 14.0. The molecule has 0 amide bonds. The van der Waals surface area contributed by atoms with Crippen molar-refractivity contribution in [3.8, 4) is 10.4 Å². The predicted octanol–water partition coefficient (Wildman–Crippen LogP) is 5.39. The van der Waals surface area contributed by atoms with Crippen molar-refractivity contribution < 1.29 is 13.9 Å². The molecule has 0 aliphatic heterocycles. The highest BCUT2D eigenvalue weighted by Gasteiger charge is 2.14. The average Bonchev–Trinajstić information content (AvgIpc) is 3.19. The van der Waals surface area contributed by atoms with Gasteiger partial charge >= 0.3 is 0 Å². The minimum atomic E-state index is -0.493. The van der Waals surface area contributed by atoms with Gasteiger partial charge in [0, 0.05) is 37.0 Å². The normalized spacial score (nSPS) is 10.8. The standard InChI is InChI=1S/C20H20ClFN4O2S/c1-12(27)17-6-7-18(29-17)14-11-24-20(26-19(14)23-8-3-9-28-2)25-13-4-5-16(22)15(21)10-13/h4-7,10-11H,3,8-9H2,1-2H3,(H2,23,24,25,26). The van der Waals surface area contributed by atoms with Crippen LogP contribution in [0.15, 0.2) is 36.5 Å². The number of benzene rings is 1. The second kappa shape index (κ2) is 9.78. The van der Waals surface area contributed by atoms with E-state index in [0.29, 0.717) is 35.5 Å². The molecule has 0 aliphatic carbocycles. The van der Waals surface area contributed by atoms with Gasteiger partial charge in [0.05, 0.1) is 15.5 Å². The maximum absolute atomic E-state index is 13.4. The number of hydrogen-bond donors (Lipinski definition) is 2. The number of anilines is 3. The molecule has 152 valence electrons. The smallest absolute Gasteiger partial charge is 0.229 e. The molecule has 0 radical (unpaired) electrons. The highest BCUT2D eigenvalue weighted by Crippen LogP contribution is 2.33. The summed E-state index contributed by atoms with van der Waals surface area (Å²) in [6.45, 7) is 2.82. The molecule has 2 aromatic heterocycles. The van der Waals surface area contributed by atoms with Crippen LogP contribution in [0, 0.1) is 5.82 Å². The van der Waals surface area contributed by atoms with Crippen LogP contribution in [-0.2, 0) is 4.74 Å². The number of aromatic nitrogens is 2. The number of thiophene rings is 1. The van der Waals surface area contributed by atoms with E-state index in [1.54, 1.807) is 25.4 Å². The third kappa shape index (κ3) is 5.50. The second-order valence-electron chi connectivity index (χ2n) is 6.20. The molecule has 0 fully saturated rings. The molecule has 2 heterocycles. The van der Waals surface area contributed by atoms with Crippen LogP contribution in [0.2, 0.25) is 5.02 Å². The van der Waals surface area contributed by atoms with E-state index >= 15 is 0 Å². The van der Waals surface area contributed by atoms with Gasteiger partial charge in [0.2, 0.25) is 5.95 Å². The number of ketones is 1. The third-order valence-corrected chi connectivity index (χ3v) is 5.51. The monoisotopic (exact) mass is 434 g/mol. The summed E-state index contributed by atoms with van der Waals surface area (Å²) in [6, 6.07) is 7.98. The van der Waals surface area contributed by atoms with E-state index in [9.17, 15) is 9.18 Å². The van der Waals surface area contributed by atoms with Crippen LogP contribution in [0.1, 0.15) is 23.0 Å². The van der Waals surface area contributed by atoms with Crippen LogP contribution in [0.25, 0.3) is 10.4 Å². The summed E-state index contributed by atoms with van der Waals surface area (Å²) in [5.41, 5.74) is 1.37. The van der Waals surface area contributed by atoms with E-state index in [2.05, 4.69) is 20.6 Å². The number of carbonyl (C=O) groups is 1. The third-order valence-electron chi connectivity index (χ3n) is 4.00. The zero-order valence-electron chi connectivity index (χ0n) is 16.0. The lowest BCUT2D eigenvalue weighted by molar-refractivity contribution is 0.102. The molecule has 3 rings (SSSR count). The summed E-state index contributed by atoms with van der Waals surface area (Å²) in [5.74, 6) is 0.494. The van der Waals surface area contributed by atoms with Gasteiger partial charge in [0.1, 0.15) is 11.6 Å². The van der Waals surface area contributed by atoms with Crippen molar-refractivity contribution in [3.63, 3.8) is 0 Å². The molecular formula is C20H20ClFN4O2S. The fourth-order valence-electron chi connectivity index (χ4n) is 2.56. The molecule has 6 nitrogen and oxygen atoms in total. The van der Waals surface area contributed by atoms with Crippen molar-refractivity contribution in [2.24, 2.45) is 0 Å². The number of nitrogens with zero attached hydrogens (tertiary/aromatic N) is 2.